The van der Waals surface area contributed by atoms with E-state index in [1.54, 1.807) is 0 Å². The highest BCUT2D eigenvalue weighted by atomic mass is 16.1. The number of Topliss-reactive ketones (excluding diaryl/α,β-unsaturated/α-hetero) is 1. The molecule has 0 spiro atoms. The Hall–Kier alpha value is -3.21. The first-order valence-corrected chi connectivity index (χ1v) is 9.09. The monoisotopic (exact) mass is 358 g/mol. The molecule has 2 heterocycles. The minimum atomic E-state index is -0.00869. The molecule has 5 nitrogen and oxygen atoms in total. The molecule has 0 unspecified atom stereocenters. The summed E-state index contributed by atoms with van der Waals surface area (Å²) in [5, 5.41) is 10.1. The van der Waals surface area contributed by atoms with E-state index in [9.17, 15) is 4.79 Å². The lowest BCUT2D eigenvalue weighted by Crippen LogP contribution is -2.07. The highest BCUT2D eigenvalue weighted by Crippen LogP contribution is 2.34. The van der Waals surface area contributed by atoms with Crippen LogP contribution in [0, 0.1) is 12.8 Å². The van der Waals surface area contributed by atoms with E-state index in [2.05, 4.69) is 16.5 Å². The third-order valence-electron chi connectivity index (χ3n) is 4.80. The third-order valence-corrected chi connectivity index (χ3v) is 4.80. The number of fused-ring (bicyclic) bond motifs is 2. The molecule has 2 aromatic heterocycles. The van der Waals surface area contributed by atoms with Gasteiger partial charge in [0.25, 0.3) is 0 Å². The maximum Gasteiger partial charge on any atom is 0.165 e. The maximum atomic E-state index is 12.2. The van der Waals surface area contributed by atoms with Gasteiger partial charge in [0, 0.05) is 29.6 Å². The number of nitrogens with zero attached hydrogens (tertiary/aromatic N) is 3. The number of para-hydroxylation sites is 1. The molecule has 0 radical (unpaired) electrons. The first-order valence-electron chi connectivity index (χ1n) is 9.09. The number of rotatable bonds is 4. The number of anilines is 2. The van der Waals surface area contributed by atoms with Gasteiger partial charge in [-0.2, -0.15) is 5.10 Å². The van der Waals surface area contributed by atoms with E-state index in [0.29, 0.717) is 0 Å². The molecular formula is C22H22N4O. The second-order valence-electron chi connectivity index (χ2n) is 7.13. The van der Waals surface area contributed by atoms with E-state index in [0.717, 1.165) is 44.6 Å². The Kier molecular flexibility index (Phi) is 4.15. The van der Waals surface area contributed by atoms with Crippen molar-refractivity contribution in [1.82, 2.24) is 14.8 Å². The lowest BCUT2D eigenvalue weighted by atomic mass is 10.0. The lowest BCUT2D eigenvalue weighted by molar-refractivity contribution is 0.0939. The van der Waals surface area contributed by atoms with Crippen molar-refractivity contribution in [1.29, 1.82) is 0 Å². The van der Waals surface area contributed by atoms with Gasteiger partial charge in [-0.15, -0.1) is 0 Å². The molecule has 0 saturated carbocycles. The van der Waals surface area contributed by atoms with Crippen molar-refractivity contribution in [2.75, 3.05) is 5.32 Å². The fraction of sp³-hybridized carbons (Fsp3) is 0.227. The van der Waals surface area contributed by atoms with Crippen LogP contribution in [-0.4, -0.2) is 20.5 Å². The van der Waals surface area contributed by atoms with Gasteiger partial charge in [0.15, 0.2) is 11.4 Å². The van der Waals surface area contributed by atoms with Crippen LogP contribution in [0.1, 0.15) is 29.9 Å². The van der Waals surface area contributed by atoms with Gasteiger partial charge < -0.3 is 5.32 Å². The van der Waals surface area contributed by atoms with Crippen LogP contribution in [0.4, 0.5) is 11.4 Å². The van der Waals surface area contributed by atoms with Gasteiger partial charge in [-0.3, -0.25) is 9.48 Å². The number of aryl methyl sites for hydroxylation is 2. The largest absolute Gasteiger partial charge is 0.354 e. The van der Waals surface area contributed by atoms with Crippen molar-refractivity contribution < 1.29 is 4.79 Å². The summed E-state index contributed by atoms with van der Waals surface area (Å²) >= 11 is 0. The number of hydrogen-bond acceptors (Lipinski definition) is 4. The molecule has 0 bridgehead atoms. The average Bonchev–Trinajstić information content (AvgIpc) is 2.95. The molecule has 5 heteroatoms. The molecule has 4 aromatic rings. The molecule has 4 rings (SSSR count). The summed E-state index contributed by atoms with van der Waals surface area (Å²) in [5.41, 5.74) is 5.35. The standard InChI is InChI=1S/C22H22N4O/c1-13(2)21(27)15-9-11-16(12-10-15)23-20-17-7-5-6-8-18(17)24-22-19(20)14(3)25-26(22)4/h5-13H,1-4H3,(H,23,24). The number of hydrogen-bond donors (Lipinski definition) is 1. The predicted molar refractivity (Wildman–Crippen MR) is 110 cm³/mol. The third kappa shape index (κ3) is 2.95. The number of carbonyl (C=O) groups is 1. The summed E-state index contributed by atoms with van der Waals surface area (Å²) in [6.45, 7) is 5.83. The maximum absolute atomic E-state index is 12.2. The molecule has 2 aromatic carbocycles. The lowest BCUT2D eigenvalue weighted by Gasteiger charge is -2.13. The van der Waals surface area contributed by atoms with Crippen LogP contribution in [0.2, 0.25) is 0 Å². The van der Waals surface area contributed by atoms with E-state index in [1.807, 2.05) is 75.0 Å². The Balaban J connectivity index is 1.84. The van der Waals surface area contributed by atoms with Gasteiger partial charge in [0.2, 0.25) is 0 Å². The van der Waals surface area contributed by atoms with Gasteiger partial charge >= 0.3 is 0 Å². The summed E-state index contributed by atoms with van der Waals surface area (Å²) in [6.07, 6.45) is 0. The molecular weight excluding hydrogens is 336 g/mol. The van der Waals surface area contributed by atoms with Crippen molar-refractivity contribution in [3.8, 4) is 0 Å². The van der Waals surface area contributed by atoms with E-state index in [-0.39, 0.29) is 11.7 Å². The van der Waals surface area contributed by atoms with Gasteiger partial charge in [-0.1, -0.05) is 32.0 Å². The minimum absolute atomic E-state index is 0.00869. The molecule has 0 aliphatic carbocycles. The topological polar surface area (TPSA) is 59.8 Å². The Morgan fingerprint density at radius 3 is 2.48 bits per heavy atom. The average molecular weight is 358 g/mol. The second-order valence-corrected chi connectivity index (χ2v) is 7.13. The van der Waals surface area contributed by atoms with Crippen LogP contribution < -0.4 is 5.32 Å². The van der Waals surface area contributed by atoms with E-state index >= 15 is 0 Å². The Labute approximate surface area is 158 Å². The second kappa shape index (κ2) is 6.50. The van der Waals surface area contributed by atoms with Gasteiger partial charge in [-0.05, 0) is 37.3 Å². The Morgan fingerprint density at radius 2 is 1.78 bits per heavy atom. The minimum Gasteiger partial charge on any atom is -0.354 e. The zero-order chi connectivity index (χ0) is 19.1. The molecule has 136 valence electrons. The van der Waals surface area contributed by atoms with Crippen LogP contribution in [0.3, 0.4) is 0 Å². The molecule has 0 amide bonds. The molecule has 0 aliphatic rings. The number of pyridine rings is 1. The van der Waals surface area contributed by atoms with Crippen LogP contribution in [-0.2, 0) is 7.05 Å². The zero-order valence-corrected chi connectivity index (χ0v) is 15.9. The molecule has 1 N–H and O–H groups in total. The molecule has 27 heavy (non-hydrogen) atoms. The van der Waals surface area contributed by atoms with Crippen molar-refractivity contribution in [3.63, 3.8) is 0 Å². The van der Waals surface area contributed by atoms with Crippen molar-refractivity contribution >= 4 is 39.1 Å². The van der Waals surface area contributed by atoms with Gasteiger partial charge in [0.05, 0.1) is 22.3 Å². The van der Waals surface area contributed by atoms with Crippen LogP contribution in [0.25, 0.3) is 21.9 Å². The molecule has 0 atom stereocenters. The molecule has 0 fully saturated rings. The van der Waals surface area contributed by atoms with Crippen LogP contribution >= 0.6 is 0 Å². The summed E-state index contributed by atoms with van der Waals surface area (Å²) in [5.74, 6) is 0.145. The molecule has 0 aliphatic heterocycles. The zero-order valence-electron chi connectivity index (χ0n) is 15.9. The quantitative estimate of drug-likeness (QED) is 0.521. The first kappa shape index (κ1) is 17.2. The van der Waals surface area contributed by atoms with Gasteiger partial charge in [-0.25, -0.2) is 4.98 Å². The summed E-state index contributed by atoms with van der Waals surface area (Å²) in [6, 6.07) is 15.7. The van der Waals surface area contributed by atoms with E-state index < -0.39 is 0 Å². The number of carbonyl (C=O) groups excluding carboxylic acids is 1. The Bertz CT molecular complexity index is 1160. The fourth-order valence-corrected chi connectivity index (χ4v) is 3.42. The number of nitrogens with one attached hydrogen (secondary N) is 1. The molecule has 0 saturated heterocycles. The summed E-state index contributed by atoms with van der Waals surface area (Å²) in [4.78, 5) is 16.9. The number of aromatic nitrogens is 3. The van der Waals surface area contributed by atoms with Crippen molar-refractivity contribution in [2.45, 2.75) is 20.8 Å². The summed E-state index contributed by atoms with van der Waals surface area (Å²) < 4.78 is 1.81. The highest BCUT2D eigenvalue weighted by molar-refractivity contribution is 6.09. The van der Waals surface area contributed by atoms with E-state index in [1.165, 1.54) is 0 Å². The normalized spacial score (nSPS) is 11.4. The highest BCUT2D eigenvalue weighted by Gasteiger charge is 2.16. The van der Waals surface area contributed by atoms with Crippen LogP contribution in [0.15, 0.2) is 48.5 Å². The number of benzene rings is 2. The van der Waals surface area contributed by atoms with Crippen molar-refractivity contribution in [2.24, 2.45) is 13.0 Å². The number of ketones is 1. The van der Waals surface area contributed by atoms with E-state index in [4.69, 9.17) is 4.98 Å². The van der Waals surface area contributed by atoms with Crippen LogP contribution in [0.5, 0.6) is 0 Å². The smallest absolute Gasteiger partial charge is 0.165 e. The SMILES string of the molecule is Cc1nn(C)c2nc3ccccc3c(Nc3ccc(C(=O)C(C)C)cc3)c12. The predicted octanol–water partition coefficient (Wildman–Crippen LogP) is 5.01. The summed E-state index contributed by atoms with van der Waals surface area (Å²) in [7, 11) is 1.91. The Morgan fingerprint density at radius 1 is 1.07 bits per heavy atom. The van der Waals surface area contributed by atoms with Crippen molar-refractivity contribution in [3.05, 3.63) is 59.8 Å². The van der Waals surface area contributed by atoms with Gasteiger partial charge in [0.1, 0.15) is 0 Å². The first-order chi connectivity index (χ1) is 13.0. The fourth-order valence-electron chi connectivity index (χ4n) is 3.42.